The molecule has 0 aromatic carbocycles. The normalized spacial score (nSPS) is 33.0. The fraction of sp³-hybridized carbons (Fsp3) is 1.00. The Morgan fingerprint density at radius 2 is 2.27 bits per heavy atom. The molecule has 1 aliphatic heterocycles. The van der Waals surface area contributed by atoms with E-state index >= 15 is 0 Å². The van der Waals surface area contributed by atoms with Crippen LogP contribution in [0.2, 0.25) is 0 Å². The van der Waals surface area contributed by atoms with Crippen molar-refractivity contribution in [2.45, 2.75) is 32.4 Å². The third-order valence-electron chi connectivity index (χ3n) is 2.34. The van der Waals surface area contributed by atoms with Gasteiger partial charge in [0, 0.05) is 6.54 Å². The highest BCUT2D eigenvalue weighted by Crippen LogP contribution is 2.24. The molecule has 1 heterocycles. The van der Waals surface area contributed by atoms with Crippen molar-refractivity contribution >= 4 is 0 Å². The van der Waals surface area contributed by atoms with E-state index in [1.165, 1.54) is 0 Å². The molecular formula is C8H17NO2. The van der Waals surface area contributed by atoms with Crippen LogP contribution < -0.4 is 0 Å². The second-order valence-electron chi connectivity index (χ2n) is 3.28. The minimum atomic E-state index is -0.406. The van der Waals surface area contributed by atoms with Gasteiger partial charge >= 0.3 is 0 Å². The summed E-state index contributed by atoms with van der Waals surface area (Å²) >= 11 is 0. The summed E-state index contributed by atoms with van der Waals surface area (Å²) in [6.45, 7) is 2.99. The molecule has 0 aromatic rings. The van der Waals surface area contributed by atoms with Crippen LogP contribution in [0.5, 0.6) is 0 Å². The molecule has 11 heavy (non-hydrogen) atoms. The zero-order valence-corrected chi connectivity index (χ0v) is 7.03. The monoisotopic (exact) mass is 159 g/mol. The van der Waals surface area contributed by atoms with Gasteiger partial charge in [-0.3, -0.25) is 4.90 Å². The first-order valence-electron chi connectivity index (χ1n) is 4.31. The van der Waals surface area contributed by atoms with Gasteiger partial charge in [0.25, 0.3) is 0 Å². The van der Waals surface area contributed by atoms with Gasteiger partial charge < -0.3 is 10.2 Å². The van der Waals surface area contributed by atoms with Crippen molar-refractivity contribution in [3.8, 4) is 0 Å². The van der Waals surface area contributed by atoms with Crippen molar-refractivity contribution in [2.24, 2.45) is 5.92 Å². The largest absolute Gasteiger partial charge is 0.381 e. The SMILES string of the molecule is CCCC1CC(O)N(CO)C1. The molecule has 0 radical (unpaired) electrons. The third-order valence-corrected chi connectivity index (χ3v) is 2.34. The number of rotatable bonds is 3. The van der Waals surface area contributed by atoms with Crippen molar-refractivity contribution in [1.29, 1.82) is 0 Å². The van der Waals surface area contributed by atoms with Crippen LogP contribution in [0.15, 0.2) is 0 Å². The van der Waals surface area contributed by atoms with E-state index in [-0.39, 0.29) is 6.73 Å². The average Bonchev–Trinajstić information content (AvgIpc) is 2.32. The van der Waals surface area contributed by atoms with Crippen molar-refractivity contribution in [1.82, 2.24) is 4.90 Å². The maximum atomic E-state index is 9.35. The molecule has 1 saturated heterocycles. The van der Waals surface area contributed by atoms with E-state index in [1.807, 2.05) is 0 Å². The molecular weight excluding hydrogens is 142 g/mol. The standard InChI is InChI=1S/C8H17NO2/c1-2-3-7-4-8(11)9(5-7)6-10/h7-8,10-11H,2-6H2,1H3. The zero-order valence-electron chi connectivity index (χ0n) is 7.03. The molecule has 2 atom stereocenters. The molecule has 1 fully saturated rings. The van der Waals surface area contributed by atoms with Crippen LogP contribution in [0.25, 0.3) is 0 Å². The molecule has 0 bridgehead atoms. The molecule has 3 nitrogen and oxygen atoms in total. The quantitative estimate of drug-likeness (QED) is 0.625. The van der Waals surface area contributed by atoms with Gasteiger partial charge in [0.1, 0.15) is 6.23 Å². The van der Waals surface area contributed by atoms with Crippen LogP contribution in [0, 0.1) is 5.92 Å². The number of hydrogen-bond donors (Lipinski definition) is 2. The van der Waals surface area contributed by atoms with E-state index in [9.17, 15) is 5.11 Å². The highest BCUT2D eigenvalue weighted by Gasteiger charge is 2.28. The van der Waals surface area contributed by atoms with Gasteiger partial charge in [0.05, 0.1) is 6.73 Å². The van der Waals surface area contributed by atoms with Crippen molar-refractivity contribution in [3.63, 3.8) is 0 Å². The van der Waals surface area contributed by atoms with Crippen LogP contribution in [0.3, 0.4) is 0 Å². The number of likely N-dealkylation sites (tertiary alicyclic amines) is 1. The molecule has 0 spiro atoms. The van der Waals surface area contributed by atoms with Gasteiger partial charge in [0.15, 0.2) is 0 Å². The van der Waals surface area contributed by atoms with Gasteiger partial charge in [-0.25, -0.2) is 0 Å². The predicted octanol–water partition coefficient (Wildman–Crippen LogP) is 0.377. The Bertz CT molecular complexity index is 119. The van der Waals surface area contributed by atoms with Crippen molar-refractivity contribution < 1.29 is 10.2 Å². The Hall–Kier alpha value is -0.120. The molecule has 66 valence electrons. The molecule has 3 heteroatoms. The molecule has 1 aliphatic rings. The molecule has 2 N–H and O–H groups in total. The maximum Gasteiger partial charge on any atom is 0.109 e. The summed E-state index contributed by atoms with van der Waals surface area (Å²) in [5.74, 6) is 0.585. The first kappa shape index (κ1) is 8.97. The summed E-state index contributed by atoms with van der Waals surface area (Å²) in [6, 6.07) is 0. The highest BCUT2D eigenvalue weighted by atomic mass is 16.3. The smallest absolute Gasteiger partial charge is 0.109 e. The van der Waals surface area contributed by atoms with Crippen LogP contribution in [0.1, 0.15) is 26.2 Å². The van der Waals surface area contributed by atoms with Crippen LogP contribution in [0.4, 0.5) is 0 Å². The Balaban J connectivity index is 2.30. The van der Waals surface area contributed by atoms with Crippen LogP contribution >= 0.6 is 0 Å². The lowest BCUT2D eigenvalue weighted by molar-refractivity contribution is -0.0155. The van der Waals surface area contributed by atoms with Crippen LogP contribution in [-0.2, 0) is 0 Å². The Labute approximate surface area is 67.6 Å². The summed E-state index contributed by atoms with van der Waals surface area (Å²) in [7, 11) is 0. The van der Waals surface area contributed by atoms with E-state index in [0.29, 0.717) is 5.92 Å². The number of nitrogens with zero attached hydrogens (tertiary/aromatic N) is 1. The molecule has 0 saturated carbocycles. The average molecular weight is 159 g/mol. The van der Waals surface area contributed by atoms with Crippen molar-refractivity contribution in [3.05, 3.63) is 0 Å². The first-order chi connectivity index (χ1) is 5.27. The maximum absolute atomic E-state index is 9.35. The van der Waals surface area contributed by atoms with Crippen molar-refractivity contribution in [2.75, 3.05) is 13.3 Å². The van der Waals surface area contributed by atoms with E-state index in [0.717, 1.165) is 25.8 Å². The van der Waals surface area contributed by atoms with Gasteiger partial charge in [-0.2, -0.15) is 0 Å². The number of hydrogen-bond acceptors (Lipinski definition) is 3. The molecule has 2 unspecified atom stereocenters. The molecule has 0 aromatic heterocycles. The van der Waals surface area contributed by atoms with Gasteiger partial charge in [-0.05, 0) is 18.8 Å². The van der Waals surface area contributed by atoms with E-state index in [1.54, 1.807) is 4.90 Å². The number of aliphatic hydroxyl groups excluding tert-OH is 2. The lowest BCUT2D eigenvalue weighted by Gasteiger charge is -2.15. The Morgan fingerprint density at radius 1 is 1.55 bits per heavy atom. The third kappa shape index (κ3) is 2.15. The van der Waals surface area contributed by atoms with E-state index in [2.05, 4.69) is 6.92 Å². The molecule has 0 amide bonds. The lowest BCUT2D eigenvalue weighted by atomic mass is 10.0. The predicted molar refractivity (Wildman–Crippen MR) is 42.8 cm³/mol. The lowest BCUT2D eigenvalue weighted by Crippen LogP contribution is -2.29. The summed E-state index contributed by atoms with van der Waals surface area (Å²) in [5.41, 5.74) is 0. The van der Waals surface area contributed by atoms with Gasteiger partial charge in [0.2, 0.25) is 0 Å². The van der Waals surface area contributed by atoms with Gasteiger partial charge in [-0.15, -0.1) is 0 Å². The van der Waals surface area contributed by atoms with Crippen LogP contribution in [-0.4, -0.2) is 34.6 Å². The minimum absolute atomic E-state index is 0.0125. The second kappa shape index (κ2) is 4.04. The fourth-order valence-corrected chi connectivity index (χ4v) is 1.74. The Kier molecular flexibility index (Phi) is 3.30. The Morgan fingerprint density at radius 3 is 2.73 bits per heavy atom. The molecule has 0 aliphatic carbocycles. The van der Waals surface area contributed by atoms with Gasteiger partial charge in [-0.1, -0.05) is 13.3 Å². The summed E-state index contributed by atoms with van der Waals surface area (Å²) in [6.07, 6.45) is 2.75. The summed E-state index contributed by atoms with van der Waals surface area (Å²) < 4.78 is 0. The van der Waals surface area contributed by atoms with E-state index < -0.39 is 6.23 Å². The summed E-state index contributed by atoms with van der Waals surface area (Å²) in [5, 5.41) is 18.1. The van der Waals surface area contributed by atoms with E-state index in [4.69, 9.17) is 5.11 Å². The highest BCUT2D eigenvalue weighted by molar-refractivity contribution is 4.76. The fourth-order valence-electron chi connectivity index (χ4n) is 1.74. The minimum Gasteiger partial charge on any atom is -0.381 e. The zero-order chi connectivity index (χ0) is 8.27. The first-order valence-corrected chi connectivity index (χ1v) is 4.31. The topological polar surface area (TPSA) is 43.7 Å². The number of aliphatic hydroxyl groups is 2. The second-order valence-corrected chi connectivity index (χ2v) is 3.28. The summed E-state index contributed by atoms with van der Waals surface area (Å²) in [4.78, 5) is 1.71. The molecule has 1 rings (SSSR count).